The lowest BCUT2D eigenvalue weighted by atomic mass is 10.2. The third-order valence-electron chi connectivity index (χ3n) is 3.10. The molecule has 0 aliphatic rings. The van der Waals surface area contributed by atoms with Crippen molar-refractivity contribution in [1.82, 2.24) is 0 Å². The van der Waals surface area contributed by atoms with E-state index in [9.17, 15) is 4.79 Å². The smallest absolute Gasteiger partial charge is 0.411 e. The second-order valence-corrected chi connectivity index (χ2v) is 5.98. The average molecular weight is 319 g/mol. The summed E-state index contributed by atoms with van der Waals surface area (Å²) in [4.78, 5) is 14.0. The number of hydrogen-bond donors (Lipinski definition) is 3. The van der Waals surface area contributed by atoms with Gasteiger partial charge in [0.25, 0.3) is 0 Å². The molecule has 6 heteroatoms. The molecule has 0 saturated carbocycles. The van der Waals surface area contributed by atoms with Gasteiger partial charge in [-0.3, -0.25) is 5.32 Å². The van der Waals surface area contributed by atoms with Crippen molar-refractivity contribution in [3.05, 3.63) is 40.1 Å². The van der Waals surface area contributed by atoms with Gasteiger partial charge in [-0.1, -0.05) is 6.92 Å². The van der Waals surface area contributed by atoms with Crippen LogP contribution < -0.4 is 16.4 Å². The largest absolute Gasteiger partial charge is 0.450 e. The van der Waals surface area contributed by atoms with Crippen LogP contribution in [0.1, 0.15) is 23.6 Å². The van der Waals surface area contributed by atoms with Gasteiger partial charge in [-0.05, 0) is 43.7 Å². The zero-order chi connectivity index (χ0) is 15.9. The second kappa shape index (κ2) is 7.70. The highest BCUT2D eigenvalue weighted by Crippen LogP contribution is 2.24. The molecule has 0 fully saturated rings. The Morgan fingerprint density at radius 3 is 2.64 bits per heavy atom. The fraction of sp³-hybridized carbons (Fsp3) is 0.312. The summed E-state index contributed by atoms with van der Waals surface area (Å²) in [5.74, 6) is 0. The molecule has 22 heavy (non-hydrogen) atoms. The Kier molecular flexibility index (Phi) is 5.66. The van der Waals surface area contributed by atoms with Crippen molar-refractivity contribution in [3.63, 3.8) is 0 Å². The number of carbonyl (C=O) groups is 1. The van der Waals surface area contributed by atoms with Crippen molar-refractivity contribution in [2.24, 2.45) is 0 Å². The molecule has 118 valence electrons. The van der Waals surface area contributed by atoms with Gasteiger partial charge < -0.3 is 15.8 Å². The van der Waals surface area contributed by atoms with E-state index in [1.807, 2.05) is 6.07 Å². The van der Waals surface area contributed by atoms with Gasteiger partial charge in [-0.25, -0.2) is 4.79 Å². The first-order valence-electron chi connectivity index (χ1n) is 7.27. The molecule has 0 bridgehead atoms. The normalized spacial score (nSPS) is 10.3. The number of nitrogens with one attached hydrogen (secondary N) is 2. The fourth-order valence-corrected chi connectivity index (χ4v) is 2.86. The minimum atomic E-state index is -0.499. The number of thiophene rings is 1. The van der Waals surface area contributed by atoms with Crippen molar-refractivity contribution in [1.29, 1.82) is 0 Å². The standard InChI is InChI=1S/C16H21N3O2S/c1-3-12-6-7-13(22-12)10-18-11-5-8-15(14(17)9-11)19-16(20)21-4-2/h5-9,18H,3-4,10,17H2,1-2H3,(H,19,20). The van der Waals surface area contributed by atoms with E-state index in [1.165, 1.54) is 9.75 Å². The molecule has 0 aliphatic heterocycles. The van der Waals surface area contributed by atoms with Gasteiger partial charge in [0.15, 0.2) is 0 Å². The van der Waals surface area contributed by atoms with Gasteiger partial charge in [-0.2, -0.15) is 0 Å². The summed E-state index contributed by atoms with van der Waals surface area (Å²) < 4.78 is 4.83. The minimum Gasteiger partial charge on any atom is -0.450 e. The summed E-state index contributed by atoms with van der Waals surface area (Å²) in [5.41, 5.74) is 7.92. The molecule has 4 N–H and O–H groups in total. The molecule has 5 nitrogen and oxygen atoms in total. The molecule has 2 aromatic rings. The number of hydrogen-bond acceptors (Lipinski definition) is 5. The van der Waals surface area contributed by atoms with E-state index in [0.717, 1.165) is 18.7 Å². The Morgan fingerprint density at radius 1 is 1.23 bits per heavy atom. The van der Waals surface area contributed by atoms with E-state index >= 15 is 0 Å². The number of benzene rings is 1. The van der Waals surface area contributed by atoms with Crippen LogP contribution in [0.2, 0.25) is 0 Å². The zero-order valence-electron chi connectivity index (χ0n) is 12.8. The van der Waals surface area contributed by atoms with E-state index in [4.69, 9.17) is 10.5 Å². The highest BCUT2D eigenvalue weighted by Gasteiger charge is 2.06. The number of nitrogens with two attached hydrogens (primary N) is 1. The van der Waals surface area contributed by atoms with Crippen molar-refractivity contribution in [3.8, 4) is 0 Å². The Bertz CT molecular complexity index is 640. The Morgan fingerprint density at radius 2 is 2.00 bits per heavy atom. The Labute approximate surface area is 134 Å². The van der Waals surface area contributed by atoms with Crippen LogP contribution in [0.4, 0.5) is 21.9 Å². The van der Waals surface area contributed by atoms with Gasteiger partial charge in [0.2, 0.25) is 0 Å². The predicted molar refractivity (Wildman–Crippen MR) is 92.5 cm³/mol. The minimum absolute atomic E-state index is 0.325. The number of aryl methyl sites for hydroxylation is 1. The molecule has 0 aliphatic carbocycles. The summed E-state index contributed by atoms with van der Waals surface area (Å²) in [6.07, 6.45) is 0.562. The summed E-state index contributed by atoms with van der Waals surface area (Å²) in [7, 11) is 0. The van der Waals surface area contributed by atoms with Crippen LogP contribution in [-0.2, 0) is 17.7 Å². The quantitative estimate of drug-likeness (QED) is 0.701. The number of amides is 1. The van der Waals surface area contributed by atoms with Crippen molar-refractivity contribution in [2.75, 3.05) is 23.0 Å². The van der Waals surface area contributed by atoms with Crippen LogP contribution in [0.25, 0.3) is 0 Å². The molecule has 0 atom stereocenters. The average Bonchev–Trinajstić information content (AvgIpc) is 2.96. The summed E-state index contributed by atoms with van der Waals surface area (Å²) in [6, 6.07) is 9.74. The maximum absolute atomic E-state index is 11.4. The van der Waals surface area contributed by atoms with Gasteiger partial charge >= 0.3 is 6.09 Å². The fourth-order valence-electron chi connectivity index (χ4n) is 1.96. The van der Waals surface area contributed by atoms with Crippen molar-refractivity contribution in [2.45, 2.75) is 26.8 Å². The first kappa shape index (κ1) is 16.2. The summed E-state index contributed by atoms with van der Waals surface area (Å²) in [6.45, 7) is 4.99. The molecular formula is C16H21N3O2S. The number of anilines is 3. The highest BCUT2D eigenvalue weighted by atomic mass is 32.1. The van der Waals surface area contributed by atoms with E-state index in [0.29, 0.717) is 18.0 Å². The SMILES string of the molecule is CCOC(=O)Nc1ccc(NCc2ccc(CC)s2)cc1N. The molecule has 1 aromatic carbocycles. The van der Waals surface area contributed by atoms with Gasteiger partial charge in [0.1, 0.15) is 0 Å². The molecule has 2 rings (SSSR count). The Hall–Kier alpha value is -2.21. The number of rotatable bonds is 6. The van der Waals surface area contributed by atoms with Gasteiger partial charge in [0, 0.05) is 22.0 Å². The van der Waals surface area contributed by atoms with Crippen molar-refractivity contribution < 1.29 is 9.53 Å². The molecular weight excluding hydrogens is 298 g/mol. The number of carbonyl (C=O) groups excluding carboxylic acids is 1. The summed E-state index contributed by atoms with van der Waals surface area (Å²) in [5, 5.41) is 5.94. The number of nitrogen functional groups attached to an aromatic ring is 1. The van der Waals surface area contributed by atoms with Crippen LogP contribution in [0.5, 0.6) is 0 Å². The van der Waals surface area contributed by atoms with E-state index in [1.54, 1.807) is 30.4 Å². The third kappa shape index (κ3) is 4.39. The second-order valence-electron chi connectivity index (χ2n) is 4.72. The lowest BCUT2D eigenvalue weighted by Crippen LogP contribution is -2.14. The zero-order valence-corrected chi connectivity index (χ0v) is 13.6. The summed E-state index contributed by atoms with van der Waals surface area (Å²) >= 11 is 1.81. The van der Waals surface area contributed by atoms with Crippen LogP contribution >= 0.6 is 11.3 Å². The van der Waals surface area contributed by atoms with E-state index in [2.05, 4.69) is 29.7 Å². The highest BCUT2D eigenvalue weighted by molar-refractivity contribution is 7.12. The van der Waals surface area contributed by atoms with Crippen LogP contribution in [0.3, 0.4) is 0 Å². The monoisotopic (exact) mass is 319 g/mol. The van der Waals surface area contributed by atoms with Gasteiger partial charge in [0.05, 0.1) is 18.0 Å². The lowest BCUT2D eigenvalue weighted by Gasteiger charge is -2.11. The molecule has 0 spiro atoms. The van der Waals surface area contributed by atoms with Crippen LogP contribution in [0.15, 0.2) is 30.3 Å². The molecule has 1 aromatic heterocycles. The van der Waals surface area contributed by atoms with Crippen molar-refractivity contribution >= 4 is 34.5 Å². The maximum atomic E-state index is 11.4. The van der Waals surface area contributed by atoms with E-state index < -0.39 is 6.09 Å². The molecule has 1 heterocycles. The first-order chi connectivity index (χ1) is 10.6. The molecule has 0 unspecified atom stereocenters. The first-order valence-corrected chi connectivity index (χ1v) is 8.08. The lowest BCUT2D eigenvalue weighted by molar-refractivity contribution is 0.168. The molecule has 0 radical (unpaired) electrons. The van der Waals surface area contributed by atoms with Crippen LogP contribution in [-0.4, -0.2) is 12.7 Å². The van der Waals surface area contributed by atoms with E-state index in [-0.39, 0.29) is 0 Å². The maximum Gasteiger partial charge on any atom is 0.411 e. The third-order valence-corrected chi connectivity index (χ3v) is 4.33. The Balaban J connectivity index is 1.95. The molecule has 1 amide bonds. The topological polar surface area (TPSA) is 76.4 Å². The predicted octanol–water partition coefficient (Wildman–Crippen LogP) is 4.07. The molecule has 0 saturated heterocycles. The van der Waals surface area contributed by atoms with Crippen LogP contribution in [0, 0.1) is 0 Å². The number of ether oxygens (including phenoxy) is 1. The van der Waals surface area contributed by atoms with Gasteiger partial charge in [-0.15, -0.1) is 11.3 Å².